The van der Waals surface area contributed by atoms with Gasteiger partial charge in [0.05, 0.1) is 26.9 Å². The molecule has 0 bridgehead atoms. The third kappa shape index (κ3) is 29.5. The quantitative estimate of drug-likeness (QED) is 0.0389. The van der Waals surface area contributed by atoms with Crippen LogP contribution in [-0.2, 0) is 14.2 Å². The van der Waals surface area contributed by atoms with Crippen LogP contribution >= 0.6 is 0 Å². The van der Waals surface area contributed by atoms with Crippen molar-refractivity contribution >= 4 is 0 Å². The van der Waals surface area contributed by atoms with Crippen LogP contribution in [0.4, 0.5) is 0 Å². The van der Waals surface area contributed by atoms with Crippen molar-refractivity contribution in [3.05, 3.63) is 24.3 Å². The first kappa shape index (κ1) is 43.3. The summed E-state index contributed by atoms with van der Waals surface area (Å²) in [4.78, 5) is 0. The van der Waals surface area contributed by atoms with Crippen molar-refractivity contribution in [3.8, 4) is 0 Å². The highest BCUT2D eigenvalue weighted by atomic mass is 16.5. The zero-order valence-electron chi connectivity index (χ0n) is 31.6. The van der Waals surface area contributed by atoms with Gasteiger partial charge in [-0.15, -0.1) is 0 Å². The molecule has 46 heavy (non-hydrogen) atoms. The average molecular weight is 649 g/mol. The molecule has 1 unspecified atom stereocenters. The Morgan fingerprint density at radius 2 is 0.913 bits per heavy atom. The van der Waals surface area contributed by atoms with Gasteiger partial charge in [-0.2, -0.15) is 0 Å². The molecule has 1 aliphatic heterocycles. The highest BCUT2D eigenvalue weighted by Crippen LogP contribution is 2.14. The van der Waals surface area contributed by atoms with Gasteiger partial charge in [0.25, 0.3) is 0 Å². The van der Waals surface area contributed by atoms with Gasteiger partial charge < -0.3 is 18.7 Å². The maximum Gasteiger partial charge on any atom is 0.130 e. The Morgan fingerprint density at radius 3 is 1.37 bits per heavy atom. The number of hydrogen-bond acceptors (Lipinski definition) is 3. The lowest BCUT2D eigenvalue weighted by atomic mass is 10.1. The molecule has 0 aliphatic carbocycles. The summed E-state index contributed by atoms with van der Waals surface area (Å²) in [6.45, 7) is 12.0. The van der Waals surface area contributed by atoms with E-state index in [1.165, 1.54) is 167 Å². The van der Waals surface area contributed by atoms with Crippen LogP contribution in [0.15, 0.2) is 24.3 Å². The second-order valence-corrected chi connectivity index (χ2v) is 14.6. The first-order chi connectivity index (χ1) is 22.7. The van der Waals surface area contributed by atoms with Crippen molar-refractivity contribution in [2.75, 3.05) is 59.7 Å². The van der Waals surface area contributed by atoms with Crippen LogP contribution in [0.3, 0.4) is 0 Å². The van der Waals surface area contributed by atoms with Crippen LogP contribution in [0.2, 0.25) is 0 Å². The molecule has 4 heteroatoms. The first-order valence-electron chi connectivity index (χ1n) is 20.6. The lowest BCUT2D eigenvalue weighted by molar-refractivity contribution is -0.919. The Hall–Kier alpha value is -0.680. The van der Waals surface area contributed by atoms with Gasteiger partial charge in [-0.05, 0) is 64.2 Å². The summed E-state index contributed by atoms with van der Waals surface area (Å²) in [6.07, 6.45) is 44.6. The minimum atomic E-state index is 0.197. The molecule has 1 saturated heterocycles. The van der Waals surface area contributed by atoms with E-state index < -0.39 is 0 Å². The Kier molecular flexibility index (Phi) is 32.2. The fraction of sp³-hybridized carbons (Fsp3) is 0.905. The summed E-state index contributed by atoms with van der Waals surface area (Å²) in [5, 5.41) is 0. The monoisotopic (exact) mass is 649 g/mol. The Labute approximate surface area is 289 Å². The topological polar surface area (TPSA) is 27.7 Å². The molecule has 1 heterocycles. The van der Waals surface area contributed by atoms with Crippen LogP contribution in [0.1, 0.15) is 181 Å². The number of rotatable bonds is 35. The van der Waals surface area contributed by atoms with E-state index in [4.69, 9.17) is 14.2 Å². The molecule has 0 spiro atoms. The number of likely N-dealkylation sites (N-methyl/N-ethyl adjacent to an activating group) is 1. The molecule has 0 amide bonds. The maximum absolute atomic E-state index is 6.45. The van der Waals surface area contributed by atoms with Crippen LogP contribution in [0.25, 0.3) is 0 Å². The predicted molar refractivity (Wildman–Crippen MR) is 202 cm³/mol. The molecule has 1 atom stereocenters. The molecule has 0 radical (unpaired) electrons. The van der Waals surface area contributed by atoms with Gasteiger partial charge in [-0.25, -0.2) is 0 Å². The second-order valence-electron chi connectivity index (χ2n) is 14.6. The van der Waals surface area contributed by atoms with Gasteiger partial charge in [0.1, 0.15) is 25.7 Å². The Balaban J connectivity index is 2.06. The lowest BCUT2D eigenvalue weighted by Gasteiger charge is -2.39. The molecular formula is C42H82NO3+. The summed E-state index contributed by atoms with van der Waals surface area (Å²) in [5.74, 6) is 0. The van der Waals surface area contributed by atoms with Crippen molar-refractivity contribution in [2.45, 2.75) is 187 Å². The molecule has 1 rings (SSSR count). The molecule has 0 aromatic rings. The zero-order chi connectivity index (χ0) is 33.1. The summed E-state index contributed by atoms with van der Waals surface area (Å²) < 4.78 is 19.3. The molecule has 1 fully saturated rings. The third-order valence-electron chi connectivity index (χ3n) is 9.81. The van der Waals surface area contributed by atoms with E-state index in [1.54, 1.807) is 0 Å². The van der Waals surface area contributed by atoms with E-state index in [2.05, 4.69) is 45.2 Å². The van der Waals surface area contributed by atoms with E-state index >= 15 is 0 Å². The fourth-order valence-corrected chi connectivity index (χ4v) is 6.52. The minimum absolute atomic E-state index is 0.197. The summed E-state index contributed by atoms with van der Waals surface area (Å²) in [5.41, 5.74) is 0. The summed E-state index contributed by atoms with van der Waals surface area (Å²) >= 11 is 0. The zero-order valence-corrected chi connectivity index (χ0v) is 31.6. The first-order valence-corrected chi connectivity index (χ1v) is 20.6. The van der Waals surface area contributed by atoms with E-state index in [1.807, 2.05) is 0 Å². The summed E-state index contributed by atoms with van der Waals surface area (Å²) in [6, 6.07) is 0. The van der Waals surface area contributed by atoms with Crippen molar-refractivity contribution in [2.24, 2.45) is 0 Å². The second kappa shape index (κ2) is 34.2. The van der Waals surface area contributed by atoms with Gasteiger partial charge in [0.2, 0.25) is 0 Å². The molecule has 0 saturated carbocycles. The molecule has 4 nitrogen and oxygen atoms in total. The number of quaternary nitrogens is 1. The van der Waals surface area contributed by atoms with Crippen LogP contribution in [0.5, 0.6) is 0 Å². The SMILES string of the molecule is CCCCCCCCC=CCCCCCCCOCC(C[N+]1(C)CCOCC1)OCCCCCCCC=CCCCCCCCC. The number of unbranched alkanes of at least 4 members (excludes halogenated alkanes) is 22. The van der Waals surface area contributed by atoms with Gasteiger partial charge >= 0.3 is 0 Å². The molecule has 0 N–H and O–H groups in total. The van der Waals surface area contributed by atoms with E-state index in [0.717, 1.165) is 57.2 Å². The highest BCUT2D eigenvalue weighted by molar-refractivity contribution is 4.82. The maximum atomic E-state index is 6.45. The van der Waals surface area contributed by atoms with Gasteiger partial charge in [-0.3, -0.25) is 0 Å². The van der Waals surface area contributed by atoms with Crippen molar-refractivity contribution in [3.63, 3.8) is 0 Å². The predicted octanol–water partition coefficient (Wildman–Crippen LogP) is 12.2. The van der Waals surface area contributed by atoms with Gasteiger partial charge in [-0.1, -0.05) is 141 Å². The molecular weight excluding hydrogens is 566 g/mol. The van der Waals surface area contributed by atoms with Gasteiger partial charge in [0, 0.05) is 13.2 Å². The van der Waals surface area contributed by atoms with E-state index in [-0.39, 0.29) is 6.10 Å². The van der Waals surface area contributed by atoms with Crippen LogP contribution < -0.4 is 0 Å². The molecule has 1 aliphatic rings. The number of hydrogen-bond donors (Lipinski definition) is 0. The Morgan fingerprint density at radius 1 is 0.522 bits per heavy atom. The minimum Gasteiger partial charge on any atom is -0.379 e. The molecule has 0 aromatic carbocycles. The largest absolute Gasteiger partial charge is 0.379 e. The van der Waals surface area contributed by atoms with Crippen LogP contribution in [-0.4, -0.2) is 70.3 Å². The summed E-state index contributed by atoms with van der Waals surface area (Å²) in [7, 11) is 2.37. The molecule has 272 valence electrons. The lowest BCUT2D eigenvalue weighted by Crippen LogP contribution is -2.56. The van der Waals surface area contributed by atoms with E-state index in [0.29, 0.717) is 0 Å². The molecule has 0 aromatic heterocycles. The van der Waals surface area contributed by atoms with Crippen molar-refractivity contribution < 1.29 is 18.7 Å². The van der Waals surface area contributed by atoms with Crippen molar-refractivity contribution in [1.29, 1.82) is 0 Å². The number of allylic oxidation sites excluding steroid dienone is 4. The standard InChI is InChI=1S/C42H82NO3/c1-4-6-8-10-12-14-16-18-20-22-24-26-28-30-32-36-45-41-42(40-43(3)34-38-44-39-35-43)46-37-33-31-29-27-25-23-21-19-17-15-13-11-9-7-5-2/h18-21,42H,4-17,22-41H2,1-3H3/q+1. The highest BCUT2D eigenvalue weighted by Gasteiger charge is 2.29. The van der Waals surface area contributed by atoms with Crippen LogP contribution in [0, 0.1) is 0 Å². The third-order valence-corrected chi connectivity index (χ3v) is 9.81. The van der Waals surface area contributed by atoms with Crippen molar-refractivity contribution in [1.82, 2.24) is 0 Å². The number of nitrogens with zero attached hydrogens (tertiary/aromatic N) is 1. The average Bonchev–Trinajstić information content (AvgIpc) is 3.06. The smallest absolute Gasteiger partial charge is 0.130 e. The Bertz CT molecular complexity index is 657. The number of ether oxygens (including phenoxy) is 3. The number of morpholine rings is 1. The normalized spacial score (nSPS) is 15.8. The van der Waals surface area contributed by atoms with E-state index in [9.17, 15) is 0 Å². The fourth-order valence-electron chi connectivity index (χ4n) is 6.52. The van der Waals surface area contributed by atoms with Gasteiger partial charge in [0.15, 0.2) is 0 Å².